The predicted molar refractivity (Wildman–Crippen MR) is 114 cm³/mol. The number of aliphatic hydroxyl groups is 1. The molecule has 0 aliphatic heterocycles. The molecule has 0 bridgehead atoms. The number of rotatable bonds is 9. The summed E-state index contributed by atoms with van der Waals surface area (Å²) in [5.74, 6) is -0.364. The van der Waals surface area contributed by atoms with Gasteiger partial charge in [-0.2, -0.15) is 11.3 Å². The molecule has 1 amide bonds. The number of ether oxygens (including phenoxy) is 2. The molecule has 0 aliphatic rings. The highest BCUT2D eigenvalue weighted by molar-refractivity contribution is 7.08. The van der Waals surface area contributed by atoms with Crippen molar-refractivity contribution < 1.29 is 24.2 Å². The minimum absolute atomic E-state index is 0.137. The third-order valence-electron chi connectivity index (χ3n) is 4.15. The van der Waals surface area contributed by atoms with Crippen molar-refractivity contribution in [3.05, 3.63) is 40.6 Å². The molecule has 1 aromatic heterocycles. The van der Waals surface area contributed by atoms with Crippen molar-refractivity contribution >= 4 is 34.6 Å². The summed E-state index contributed by atoms with van der Waals surface area (Å²) in [7, 11) is 0. The molecular weight excluding hydrogens is 392 g/mol. The highest BCUT2D eigenvalue weighted by Crippen LogP contribution is 2.32. The van der Waals surface area contributed by atoms with Gasteiger partial charge in [0.15, 0.2) is 6.23 Å². The van der Waals surface area contributed by atoms with E-state index in [-0.39, 0.29) is 29.7 Å². The Hall–Kier alpha value is -2.42. The van der Waals surface area contributed by atoms with Gasteiger partial charge in [-0.25, -0.2) is 4.79 Å². The van der Waals surface area contributed by atoms with Crippen LogP contribution in [-0.2, 0) is 9.53 Å². The van der Waals surface area contributed by atoms with Crippen molar-refractivity contribution in [3.63, 3.8) is 0 Å². The Labute approximate surface area is 175 Å². The quantitative estimate of drug-likeness (QED) is 0.474. The van der Waals surface area contributed by atoms with Gasteiger partial charge in [-0.3, -0.25) is 15.4 Å². The van der Waals surface area contributed by atoms with Crippen LogP contribution in [0.5, 0.6) is 5.75 Å². The Morgan fingerprint density at radius 3 is 2.52 bits per heavy atom. The van der Waals surface area contributed by atoms with Crippen LogP contribution in [0.2, 0.25) is 0 Å². The first-order valence-electron chi connectivity index (χ1n) is 9.48. The number of nitrogens with two attached hydrogens (primary N) is 1. The second kappa shape index (κ2) is 10.4. The van der Waals surface area contributed by atoms with Gasteiger partial charge in [0, 0.05) is 12.3 Å². The Bertz CT molecular complexity index is 822. The van der Waals surface area contributed by atoms with E-state index in [9.17, 15) is 14.7 Å². The summed E-state index contributed by atoms with van der Waals surface area (Å²) in [5.41, 5.74) is 7.32. The van der Waals surface area contributed by atoms with Crippen LogP contribution in [0.4, 0.5) is 11.4 Å². The minimum atomic E-state index is -1.00. The van der Waals surface area contributed by atoms with Crippen molar-refractivity contribution in [1.29, 1.82) is 0 Å². The van der Waals surface area contributed by atoms with Gasteiger partial charge in [-0.05, 0) is 48.9 Å². The van der Waals surface area contributed by atoms with E-state index >= 15 is 0 Å². The molecule has 1 aromatic carbocycles. The molecule has 8 heteroatoms. The molecular formula is C21H28N2O5S. The van der Waals surface area contributed by atoms with E-state index in [1.165, 1.54) is 29.2 Å². The summed E-state index contributed by atoms with van der Waals surface area (Å²) in [6.07, 6.45) is -1.42. The number of amides is 1. The second-order valence-corrected chi connectivity index (χ2v) is 7.80. The van der Waals surface area contributed by atoms with Crippen molar-refractivity contribution in [1.82, 2.24) is 0 Å². The molecule has 0 aliphatic carbocycles. The van der Waals surface area contributed by atoms with Gasteiger partial charge < -0.3 is 14.6 Å². The van der Waals surface area contributed by atoms with E-state index in [1.807, 2.05) is 30.7 Å². The van der Waals surface area contributed by atoms with Crippen molar-refractivity contribution in [2.24, 2.45) is 11.7 Å². The number of esters is 1. The molecule has 158 valence electrons. The monoisotopic (exact) mass is 420 g/mol. The lowest BCUT2D eigenvalue weighted by atomic mass is 10.1. The van der Waals surface area contributed by atoms with Crippen molar-refractivity contribution in [3.8, 4) is 5.75 Å². The van der Waals surface area contributed by atoms with Crippen LogP contribution >= 0.6 is 11.3 Å². The van der Waals surface area contributed by atoms with Gasteiger partial charge in [0.05, 0.1) is 18.0 Å². The fraction of sp³-hybridized carbons (Fsp3) is 0.429. The van der Waals surface area contributed by atoms with Gasteiger partial charge in [-0.15, -0.1) is 0 Å². The predicted octanol–water partition coefficient (Wildman–Crippen LogP) is 3.68. The maximum atomic E-state index is 12.5. The maximum absolute atomic E-state index is 12.5. The van der Waals surface area contributed by atoms with E-state index in [2.05, 4.69) is 0 Å². The second-order valence-electron chi connectivity index (χ2n) is 7.02. The first-order chi connectivity index (χ1) is 13.7. The molecule has 0 spiro atoms. The number of aliphatic hydroxyl groups excluding tert-OH is 1. The van der Waals surface area contributed by atoms with Gasteiger partial charge in [-0.1, -0.05) is 13.8 Å². The summed E-state index contributed by atoms with van der Waals surface area (Å²) in [6, 6.07) is 6.58. The number of nitrogens with zero attached hydrogens (tertiary/aromatic N) is 1. The summed E-state index contributed by atoms with van der Waals surface area (Å²) in [5, 5.41) is 13.9. The number of hydrogen-bond acceptors (Lipinski definition) is 7. The third kappa shape index (κ3) is 6.03. The largest absolute Gasteiger partial charge is 0.472 e. The molecule has 2 rings (SSSR count). The summed E-state index contributed by atoms with van der Waals surface area (Å²) < 4.78 is 10.8. The normalized spacial score (nSPS) is 13.1. The average molecular weight is 421 g/mol. The van der Waals surface area contributed by atoms with Crippen LogP contribution in [0.25, 0.3) is 0 Å². The van der Waals surface area contributed by atoms with E-state index in [0.717, 1.165) is 0 Å². The molecule has 2 unspecified atom stereocenters. The Kier molecular flexibility index (Phi) is 8.19. The molecule has 0 saturated carbocycles. The zero-order valence-electron chi connectivity index (χ0n) is 17.1. The molecule has 7 nitrogen and oxygen atoms in total. The zero-order chi connectivity index (χ0) is 21.6. The zero-order valence-corrected chi connectivity index (χ0v) is 17.9. The number of anilines is 2. The molecule has 3 N–H and O–H groups in total. The number of thiophene rings is 1. The van der Waals surface area contributed by atoms with Gasteiger partial charge in [0.25, 0.3) is 0 Å². The summed E-state index contributed by atoms with van der Waals surface area (Å²) in [6.45, 7) is 7.27. The lowest BCUT2D eigenvalue weighted by Crippen LogP contribution is -2.40. The van der Waals surface area contributed by atoms with Crippen LogP contribution in [0, 0.1) is 5.92 Å². The van der Waals surface area contributed by atoms with Crippen LogP contribution in [-0.4, -0.2) is 35.9 Å². The molecule has 0 saturated heterocycles. The molecule has 0 radical (unpaired) electrons. The topological polar surface area (TPSA) is 102 Å². The van der Waals surface area contributed by atoms with E-state index < -0.39 is 18.3 Å². The number of carbonyl (C=O) groups excluding carboxylic acids is 2. The summed E-state index contributed by atoms with van der Waals surface area (Å²) >= 11 is 1.46. The molecule has 2 atom stereocenters. The number of carbonyl (C=O) groups is 2. The highest BCUT2D eigenvalue weighted by Gasteiger charge is 2.24. The lowest BCUT2D eigenvalue weighted by molar-refractivity contribution is -0.115. The van der Waals surface area contributed by atoms with E-state index in [4.69, 9.17) is 15.2 Å². The third-order valence-corrected chi connectivity index (χ3v) is 4.82. The Balaban J connectivity index is 2.40. The van der Waals surface area contributed by atoms with Gasteiger partial charge in [0.2, 0.25) is 5.91 Å². The van der Waals surface area contributed by atoms with Gasteiger partial charge >= 0.3 is 5.97 Å². The minimum Gasteiger partial charge on any atom is -0.472 e. The highest BCUT2D eigenvalue weighted by atomic mass is 32.1. The SMILES string of the molecule is CCOC(=O)c1cc(N(C(C)=O)c2ccsc2)ccc1OC(N)C(O)CC(C)C. The van der Waals surface area contributed by atoms with Crippen LogP contribution < -0.4 is 15.4 Å². The standard InChI is InChI=1S/C21H28N2O5S/c1-5-27-21(26)17-11-15(23(14(4)24)16-8-9-29-12-16)6-7-19(17)28-20(22)18(25)10-13(2)3/h6-9,11-13,18,20,25H,5,10,22H2,1-4H3. The van der Waals surface area contributed by atoms with Crippen LogP contribution in [0.3, 0.4) is 0 Å². The Morgan fingerprint density at radius 2 is 1.97 bits per heavy atom. The van der Waals surface area contributed by atoms with Gasteiger partial charge in [0.1, 0.15) is 17.4 Å². The van der Waals surface area contributed by atoms with E-state index in [1.54, 1.807) is 19.1 Å². The van der Waals surface area contributed by atoms with Crippen molar-refractivity contribution in [2.45, 2.75) is 46.4 Å². The lowest BCUT2D eigenvalue weighted by Gasteiger charge is -2.24. The first-order valence-corrected chi connectivity index (χ1v) is 10.4. The van der Waals surface area contributed by atoms with Crippen LogP contribution in [0.15, 0.2) is 35.0 Å². The number of benzene rings is 1. The maximum Gasteiger partial charge on any atom is 0.341 e. The average Bonchev–Trinajstić information content (AvgIpc) is 3.16. The molecule has 2 aromatic rings. The van der Waals surface area contributed by atoms with E-state index in [0.29, 0.717) is 17.8 Å². The van der Waals surface area contributed by atoms with Crippen LogP contribution in [0.1, 0.15) is 44.5 Å². The molecule has 1 heterocycles. The number of hydrogen-bond donors (Lipinski definition) is 2. The molecule has 29 heavy (non-hydrogen) atoms. The fourth-order valence-corrected chi connectivity index (χ4v) is 3.49. The molecule has 0 fully saturated rings. The Morgan fingerprint density at radius 1 is 1.24 bits per heavy atom. The summed E-state index contributed by atoms with van der Waals surface area (Å²) in [4.78, 5) is 26.2. The van der Waals surface area contributed by atoms with Crippen molar-refractivity contribution in [2.75, 3.05) is 11.5 Å². The smallest absolute Gasteiger partial charge is 0.341 e. The first kappa shape index (κ1) is 22.9. The fourth-order valence-electron chi connectivity index (χ4n) is 2.87.